The van der Waals surface area contributed by atoms with Crippen LogP contribution in [0.4, 0.5) is 0 Å². The molecule has 0 spiro atoms. The molecule has 4 nitrogen and oxygen atoms in total. The smallest absolute Gasteiger partial charge is 0.251 e. The monoisotopic (exact) mass is 230 g/mol. The Bertz CT molecular complexity index is 549. The van der Waals surface area contributed by atoms with Crippen molar-refractivity contribution in [2.75, 3.05) is 6.61 Å². The summed E-state index contributed by atoms with van der Waals surface area (Å²) in [5.74, 6) is 1.34. The van der Waals surface area contributed by atoms with Gasteiger partial charge in [-0.25, -0.2) is 4.98 Å². The van der Waals surface area contributed by atoms with Crippen LogP contribution in [0.5, 0.6) is 5.75 Å². The zero-order valence-corrected chi connectivity index (χ0v) is 9.64. The number of rotatable bonds is 4. The van der Waals surface area contributed by atoms with Crippen LogP contribution >= 0.6 is 0 Å². The summed E-state index contributed by atoms with van der Waals surface area (Å²) in [5.41, 5.74) is 0.686. The molecule has 17 heavy (non-hydrogen) atoms. The molecule has 0 saturated heterocycles. The molecule has 0 amide bonds. The van der Waals surface area contributed by atoms with Gasteiger partial charge in [-0.15, -0.1) is 0 Å². The molecular weight excluding hydrogens is 216 g/mol. The molecule has 0 unspecified atom stereocenters. The molecule has 4 heteroatoms. The van der Waals surface area contributed by atoms with Gasteiger partial charge in [0.1, 0.15) is 11.6 Å². The van der Waals surface area contributed by atoms with Crippen LogP contribution in [0.2, 0.25) is 0 Å². The number of ether oxygens (including phenoxy) is 1. The summed E-state index contributed by atoms with van der Waals surface area (Å²) in [5, 5.41) is 0. The highest BCUT2D eigenvalue weighted by atomic mass is 16.5. The van der Waals surface area contributed by atoms with Gasteiger partial charge in [0.25, 0.3) is 5.56 Å². The van der Waals surface area contributed by atoms with Crippen molar-refractivity contribution in [3.8, 4) is 17.1 Å². The average molecular weight is 230 g/mol. The van der Waals surface area contributed by atoms with E-state index in [0.717, 1.165) is 17.7 Å². The number of H-pyrrole nitrogens is 1. The molecule has 1 aromatic carbocycles. The van der Waals surface area contributed by atoms with Gasteiger partial charge in [-0.2, -0.15) is 0 Å². The van der Waals surface area contributed by atoms with Gasteiger partial charge >= 0.3 is 0 Å². The molecule has 2 rings (SSSR count). The van der Waals surface area contributed by atoms with Crippen LogP contribution in [0.15, 0.2) is 41.3 Å². The topological polar surface area (TPSA) is 55.0 Å². The minimum atomic E-state index is -0.158. The number of benzene rings is 1. The van der Waals surface area contributed by atoms with Crippen LogP contribution in [0.25, 0.3) is 11.4 Å². The third-order valence-electron chi connectivity index (χ3n) is 2.25. The molecule has 1 heterocycles. The summed E-state index contributed by atoms with van der Waals surface area (Å²) < 4.78 is 5.53. The normalized spacial score (nSPS) is 10.2. The van der Waals surface area contributed by atoms with Gasteiger partial charge in [-0.1, -0.05) is 19.1 Å². The summed E-state index contributed by atoms with van der Waals surface area (Å²) in [6, 6.07) is 8.92. The fraction of sp³-hybridized carbons (Fsp3) is 0.231. The van der Waals surface area contributed by atoms with Crippen molar-refractivity contribution >= 4 is 0 Å². The van der Waals surface area contributed by atoms with Crippen molar-refractivity contribution < 1.29 is 4.74 Å². The van der Waals surface area contributed by atoms with Crippen LogP contribution in [-0.4, -0.2) is 16.6 Å². The molecule has 0 aliphatic heterocycles. The highest BCUT2D eigenvalue weighted by molar-refractivity contribution is 5.56. The first-order valence-corrected chi connectivity index (χ1v) is 5.58. The van der Waals surface area contributed by atoms with Gasteiger partial charge < -0.3 is 9.72 Å². The lowest BCUT2D eigenvalue weighted by Gasteiger charge is -2.06. The molecule has 0 aliphatic carbocycles. The van der Waals surface area contributed by atoms with E-state index in [0.29, 0.717) is 12.4 Å². The lowest BCUT2D eigenvalue weighted by atomic mass is 10.2. The Hall–Kier alpha value is -2.10. The first-order valence-electron chi connectivity index (χ1n) is 5.58. The fourth-order valence-electron chi connectivity index (χ4n) is 1.47. The number of aromatic nitrogens is 2. The third-order valence-corrected chi connectivity index (χ3v) is 2.25. The lowest BCUT2D eigenvalue weighted by molar-refractivity contribution is 0.317. The van der Waals surface area contributed by atoms with Gasteiger partial charge in [0, 0.05) is 17.8 Å². The first-order chi connectivity index (χ1) is 8.29. The zero-order valence-electron chi connectivity index (χ0n) is 9.64. The maximum atomic E-state index is 11.2. The predicted molar refractivity (Wildman–Crippen MR) is 66.1 cm³/mol. The zero-order chi connectivity index (χ0) is 12.1. The summed E-state index contributed by atoms with van der Waals surface area (Å²) >= 11 is 0. The Balaban J connectivity index is 2.29. The van der Waals surface area contributed by atoms with E-state index in [1.807, 2.05) is 24.3 Å². The van der Waals surface area contributed by atoms with Crippen LogP contribution in [0.1, 0.15) is 13.3 Å². The number of nitrogens with one attached hydrogen (secondary N) is 1. The van der Waals surface area contributed by atoms with Crippen molar-refractivity contribution in [1.29, 1.82) is 0 Å². The molecule has 0 radical (unpaired) electrons. The third kappa shape index (κ3) is 2.93. The van der Waals surface area contributed by atoms with E-state index < -0.39 is 0 Å². The van der Waals surface area contributed by atoms with Gasteiger partial charge in [0.2, 0.25) is 0 Å². The minimum Gasteiger partial charge on any atom is -0.494 e. The Morgan fingerprint density at radius 2 is 2.24 bits per heavy atom. The first kappa shape index (κ1) is 11.4. The largest absolute Gasteiger partial charge is 0.494 e. The molecule has 1 aromatic heterocycles. The summed E-state index contributed by atoms with van der Waals surface area (Å²) in [7, 11) is 0. The van der Waals surface area contributed by atoms with Gasteiger partial charge in [-0.3, -0.25) is 4.79 Å². The molecule has 0 bridgehead atoms. The molecular formula is C13H14N2O2. The van der Waals surface area contributed by atoms with Crippen LogP contribution < -0.4 is 10.3 Å². The van der Waals surface area contributed by atoms with E-state index in [4.69, 9.17) is 4.74 Å². The van der Waals surface area contributed by atoms with Gasteiger partial charge in [0.05, 0.1) is 6.61 Å². The van der Waals surface area contributed by atoms with E-state index in [9.17, 15) is 4.79 Å². The SMILES string of the molecule is CCCOc1cccc(-c2nccc(=O)[nH]2)c1. The number of aromatic amines is 1. The summed E-state index contributed by atoms with van der Waals surface area (Å²) in [4.78, 5) is 18.0. The number of hydrogen-bond acceptors (Lipinski definition) is 3. The van der Waals surface area contributed by atoms with Crippen LogP contribution in [0, 0.1) is 0 Å². The predicted octanol–water partition coefficient (Wildman–Crippen LogP) is 2.23. The highest BCUT2D eigenvalue weighted by Gasteiger charge is 2.01. The summed E-state index contributed by atoms with van der Waals surface area (Å²) in [6.45, 7) is 2.74. The van der Waals surface area contributed by atoms with Crippen molar-refractivity contribution in [2.24, 2.45) is 0 Å². The minimum absolute atomic E-state index is 0.158. The highest BCUT2D eigenvalue weighted by Crippen LogP contribution is 2.19. The fourth-order valence-corrected chi connectivity index (χ4v) is 1.47. The van der Waals surface area contributed by atoms with E-state index >= 15 is 0 Å². The molecule has 88 valence electrons. The number of nitrogens with zero attached hydrogens (tertiary/aromatic N) is 1. The molecule has 0 saturated carbocycles. The van der Waals surface area contributed by atoms with E-state index in [-0.39, 0.29) is 5.56 Å². The van der Waals surface area contributed by atoms with Crippen LogP contribution in [0.3, 0.4) is 0 Å². The van der Waals surface area contributed by atoms with Crippen molar-refractivity contribution in [2.45, 2.75) is 13.3 Å². The standard InChI is InChI=1S/C13H14N2O2/c1-2-8-17-11-5-3-4-10(9-11)13-14-7-6-12(16)15-13/h3-7,9H,2,8H2,1H3,(H,14,15,16). The Kier molecular flexibility index (Phi) is 3.55. The second-order valence-electron chi connectivity index (χ2n) is 3.66. The van der Waals surface area contributed by atoms with E-state index in [1.165, 1.54) is 12.3 Å². The lowest BCUT2D eigenvalue weighted by Crippen LogP contribution is -2.05. The molecule has 0 atom stereocenters. The second kappa shape index (κ2) is 5.30. The van der Waals surface area contributed by atoms with E-state index in [2.05, 4.69) is 16.9 Å². The maximum absolute atomic E-state index is 11.2. The van der Waals surface area contributed by atoms with Gasteiger partial charge in [-0.05, 0) is 18.6 Å². The Morgan fingerprint density at radius 3 is 3.00 bits per heavy atom. The molecule has 0 fully saturated rings. The molecule has 2 aromatic rings. The van der Waals surface area contributed by atoms with Crippen LogP contribution in [-0.2, 0) is 0 Å². The van der Waals surface area contributed by atoms with Gasteiger partial charge in [0.15, 0.2) is 0 Å². The van der Waals surface area contributed by atoms with Crippen molar-refractivity contribution in [3.05, 3.63) is 46.9 Å². The summed E-state index contributed by atoms with van der Waals surface area (Å²) in [6.07, 6.45) is 2.46. The molecule has 0 aliphatic rings. The van der Waals surface area contributed by atoms with Crippen molar-refractivity contribution in [1.82, 2.24) is 9.97 Å². The van der Waals surface area contributed by atoms with Crippen molar-refractivity contribution in [3.63, 3.8) is 0 Å². The second-order valence-corrected chi connectivity index (χ2v) is 3.66. The Labute approximate surface area is 99.3 Å². The van der Waals surface area contributed by atoms with E-state index in [1.54, 1.807) is 0 Å². The Morgan fingerprint density at radius 1 is 1.35 bits per heavy atom. The molecule has 1 N–H and O–H groups in total. The quantitative estimate of drug-likeness (QED) is 0.876. The average Bonchev–Trinajstić information content (AvgIpc) is 2.37. The maximum Gasteiger partial charge on any atom is 0.251 e. The number of hydrogen-bond donors (Lipinski definition) is 1.